The second-order valence-corrected chi connectivity index (χ2v) is 8.06. The number of carbonyl (C=O) groups excluding carboxylic acids is 1. The number of nitrogens with zero attached hydrogens (tertiary/aromatic N) is 6. The number of aromatic nitrogens is 6. The lowest BCUT2D eigenvalue weighted by atomic mass is 10.1. The number of anilines is 1. The van der Waals surface area contributed by atoms with Gasteiger partial charge in [0.2, 0.25) is 5.91 Å². The number of hydrogen-bond acceptors (Lipinski definition) is 6. The summed E-state index contributed by atoms with van der Waals surface area (Å²) < 4.78 is 3.78. The van der Waals surface area contributed by atoms with Crippen LogP contribution in [0.25, 0.3) is 16.7 Å². The zero-order valence-electron chi connectivity index (χ0n) is 17.1. The molecule has 1 aromatic carbocycles. The molecule has 1 N–H and O–H groups in total. The second kappa shape index (κ2) is 8.66. The molecule has 0 radical (unpaired) electrons. The number of fused-ring (bicyclic) bond motifs is 1. The Labute approximate surface area is 178 Å². The van der Waals surface area contributed by atoms with Gasteiger partial charge in [-0.1, -0.05) is 36.9 Å². The van der Waals surface area contributed by atoms with Crippen molar-refractivity contribution in [3.05, 3.63) is 54.6 Å². The fraction of sp³-hybridized carbons (Fsp3) is 0.286. The zero-order valence-corrected chi connectivity index (χ0v) is 17.9. The molecule has 0 aliphatic rings. The van der Waals surface area contributed by atoms with E-state index in [0.717, 1.165) is 23.1 Å². The normalized spacial score (nSPS) is 11.3. The van der Waals surface area contributed by atoms with Gasteiger partial charge in [0, 0.05) is 11.4 Å². The molecule has 3 heterocycles. The number of nitrogens with one attached hydrogen (secondary N) is 1. The van der Waals surface area contributed by atoms with E-state index >= 15 is 0 Å². The quantitative estimate of drug-likeness (QED) is 0.455. The Morgan fingerprint density at radius 1 is 1.23 bits per heavy atom. The van der Waals surface area contributed by atoms with E-state index in [1.165, 1.54) is 17.3 Å². The van der Waals surface area contributed by atoms with Crippen molar-refractivity contribution < 1.29 is 4.79 Å². The number of para-hydroxylation sites is 1. The molecule has 0 aliphatic heterocycles. The standard InChI is InChI=1S/C21H23N7OS/c1-4-15-7-5-6-8-18(15)27-13-23-26-21(27)30-12-19(29)25-17-9-16-10-24-28(14(2)3)20(16)22-11-17/h5-11,13-14H,4,12H2,1-3H3,(H,25,29). The minimum absolute atomic E-state index is 0.129. The van der Waals surface area contributed by atoms with Crippen molar-refractivity contribution in [2.45, 2.75) is 38.4 Å². The summed E-state index contributed by atoms with van der Waals surface area (Å²) in [6.45, 7) is 6.22. The third-order valence-electron chi connectivity index (χ3n) is 4.69. The number of thioether (sulfide) groups is 1. The van der Waals surface area contributed by atoms with Crippen LogP contribution in [0.4, 0.5) is 5.69 Å². The van der Waals surface area contributed by atoms with Crippen LogP contribution >= 0.6 is 11.8 Å². The molecule has 30 heavy (non-hydrogen) atoms. The fourth-order valence-corrected chi connectivity index (χ4v) is 3.97. The van der Waals surface area contributed by atoms with E-state index in [1.807, 2.05) is 33.5 Å². The van der Waals surface area contributed by atoms with E-state index < -0.39 is 0 Å². The van der Waals surface area contributed by atoms with E-state index in [0.29, 0.717) is 10.8 Å². The van der Waals surface area contributed by atoms with Crippen molar-refractivity contribution in [3.8, 4) is 5.69 Å². The van der Waals surface area contributed by atoms with Gasteiger partial charge in [-0.25, -0.2) is 9.67 Å². The molecule has 154 valence electrons. The van der Waals surface area contributed by atoms with Crippen molar-refractivity contribution in [1.29, 1.82) is 0 Å². The van der Waals surface area contributed by atoms with Gasteiger partial charge in [0.25, 0.3) is 0 Å². The van der Waals surface area contributed by atoms with Gasteiger partial charge >= 0.3 is 0 Å². The first-order valence-corrected chi connectivity index (χ1v) is 10.8. The maximum absolute atomic E-state index is 12.5. The smallest absolute Gasteiger partial charge is 0.234 e. The summed E-state index contributed by atoms with van der Waals surface area (Å²) in [5.41, 5.74) is 3.68. The third-order valence-corrected chi connectivity index (χ3v) is 5.63. The van der Waals surface area contributed by atoms with Crippen molar-refractivity contribution >= 4 is 34.4 Å². The Bertz CT molecular complexity index is 1180. The van der Waals surface area contributed by atoms with Crippen molar-refractivity contribution in [3.63, 3.8) is 0 Å². The number of aryl methyl sites for hydroxylation is 1. The monoisotopic (exact) mass is 421 g/mol. The lowest BCUT2D eigenvalue weighted by molar-refractivity contribution is -0.113. The van der Waals surface area contributed by atoms with Gasteiger partial charge in [-0.2, -0.15) is 5.10 Å². The summed E-state index contributed by atoms with van der Waals surface area (Å²) in [5, 5.41) is 17.0. The van der Waals surface area contributed by atoms with Crippen LogP contribution in [0.3, 0.4) is 0 Å². The first kappa shape index (κ1) is 20.1. The van der Waals surface area contributed by atoms with E-state index in [1.54, 1.807) is 18.7 Å². The largest absolute Gasteiger partial charge is 0.324 e. The fourth-order valence-electron chi connectivity index (χ4n) is 3.25. The SMILES string of the molecule is CCc1ccccc1-n1cnnc1SCC(=O)Nc1cnc2c(cnn2C(C)C)c1. The van der Waals surface area contributed by atoms with Crippen LogP contribution in [0.5, 0.6) is 0 Å². The summed E-state index contributed by atoms with van der Waals surface area (Å²) in [4.78, 5) is 16.9. The van der Waals surface area contributed by atoms with Crippen molar-refractivity contribution in [1.82, 2.24) is 29.5 Å². The zero-order chi connectivity index (χ0) is 21.1. The van der Waals surface area contributed by atoms with Crippen LogP contribution in [0.15, 0.2) is 54.2 Å². The average Bonchev–Trinajstić information content (AvgIpc) is 3.38. The molecule has 4 aromatic rings. The number of amides is 1. The summed E-state index contributed by atoms with van der Waals surface area (Å²) in [6, 6.07) is 10.2. The Kier molecular flexibility index (Phi) is 5.80. The number of hydrogen-bond donors (Lipinski definition) is 1. The number of benzene rings is 1. The van der Waals surface area contributed by atoms with Crippen LogP contribution < -0.4 is 5.32 Å². The molecule has 0 unspecified atom stereocenters. The van der Waals surface area contributed by atoms with Gasteiger partial charge in [0.1, 0.15) is 6.33 Å². The molecule has 3 aromatic heterocycles. The third kappa shape index (κ3) is 4.06. The molecule has 0 saturated carbocycles. The predicted octanol–water partition coefficient (Wildman–Crippen LogP) is 3.89. The first-order valence-electron chi connectivity index (χ1n) is 9.81. The van der Waals surface area contributed by atoms with Gasteiger partial charge in [0.05, 0.1) is 29.5 Å². The Morgan fingerprint density at radius 3 is 2.87 bits per heavy atom. The average molecular weight is 422 g/mol. The molecular weight excluding hydrogens is 398 g/mol. The molecule has 1 amide bonds. The number of carbonyl (C=O) groups is 1. The highest BCUT2D eigenvalue weighted by Gasteiger charge is 2.13. The first-order chi connectivity index (χ1) is 14.6. The highest BCUT2D eigenvalue weighted by molar-refractivity contribution is 7.99. The minimum Gasteiger partial charge on any atom is -0.324 e. The van der Waals surface area contributed by atoms with Gasteiger partial charge < -0.3 is 5.32 Å². The summed E-state index contributed by atoms with van der Waals surface area (Å²) >= 11 is 1.35. The molecule has 0 spiro atoms. The Balaban J connectivity index is 1.44. The molecule has 4 rings (SSSR count). The molecule has 0 aliphatic carbocycles. The van der Waals surface area contributed by atoms with E-state index in [9.17, 15) is 4.79 Å². The summed E-state index contributed by atoms with van der Waals surface area (Å²) in [5.74, 6) is 0.0896. The van der Waals surface area contributed by atoms with Crippen LogP contribution in [-0.2, 0) is 11.2 Å². The molecule has 0 fully saturated rings. The Morgan fingerprint density at radius 2 is 2.07 bits per heavy atom. The molecular formula is C21H23N7OS. The highest BCUT2D eigenvalue weighted by atomic mass is 32.2. The van der Waals surface area contributed by atoms with Crippen molar-refractivity contribution in [2.24, 2.45) is 0 Å². The maximum atomic E-state index is 12.5. The summed E-state index contributed by atoms with van der Waals surface area (Å²) in [6.07, 6.45) is 6.01. The molecule has 9 heteroatoms. The topological polar surface area (TPSA) is 90.5 Å². The highest BCUT2D eigenvalue weighted by Crippen LogP contribution is 2.23. The molecule has 0 bridgehead atoms. The number of rotatable bonds is 7. The molecule has 0 atom stereocenters. The second-order valence-electron chi connectivity index (χ2n) is 7.12. The van der Waals surface area contributed by atoms with Gasteiger partial charge in [-0.15, -0.1) is 10.2 Å². The summed E-state index contributed by atoms with van der Waals surface area (Å²) in [7, 11) is 0. The Hall–Kier alpha value is -3.20. The van der Waals surface area contributed by atoms with Gasteiger partial charge in [-0.05, 0) is 38.0 Å². The van der Waals surface area contributed by atoms with E-state index in [4.69, 9.17) is 0 Å². The lowest BCUT2D eigenvalue weighted by Gasteiger charge is -2.10. The molecule has 0 saturated heterocycles. The number of pyridine rings is 1. The van der Waals surface area contributed by atoms with E-state index in [-0.39, 0.29) is 17.7 Å². The predicted molar refractivity (Wildman–Crippen MR) is 118 cm³/mol. The van der Waals surface area contributed by atoms with Crippen LogP contribution in [-0.4, -0.2) is 41.2 Å². The van der Waals surface area contributed by atoms with Gasteiger partial charge in [0.15, 0.2) is 10.8 Å². The van der Waals surface area contributed by atoms with E-state index in [2.05, 4.69) is 52.4 Å². The minimum atomic E-state index is -0.129. The van der Waals surface area contributed by atoms with Crippen LogP contribution in [0.1, 0.15) is 32.4 Å². The lowest BCUT2D eigenvalue weighted by Crippen LogP contribution is -2.15. The molecule has 8 nitrogen and oxygen atoms in total. The van der Waals surface area contributed by atoms with Crippen LogP contribution in [0.2, 0.25) is 0 Å². The van der Waals surface area contributed by atoms with Crippen molar-refractivity contribution in [2.75, 3.05) is 11.1 Å². The van der Waals surface area contributed by atoms with Crippen LogP contribution in [0, 0.1) is 0 Å². The maximum Gasteiger partial charge on any atom is 0.234 e. The van der Waals surface area contributed by atoms with Gasteiger partial charge in [-0.3, -0.25) is 9.36 Å².